The summed E-state index contributed by atoms with van der Waals surface area (Å²) in [6.45, 7) is 1.59. The summed E-state index contributed by atoms with van der Waals surface area (Å²) in [4.78, 5) is 0. The summed E-state index contributed by atoms with van der Waals surface area (Å²) < 4.78 is 20.3. The lowest BCUT2D eigenvalue weighted by Gasteiger charge is -2.09. The van der Waals surface area contributed by atoms with Crippen LogP contribution in [0.15, 0.2) is 42.5 Å². The molecular weight excluding hydrogens is 346 g/mol. The number of hydrogen-bond acceptors (Lipinski definition) is 2. The molecule has 0 aliphatic rings. The minimum absolute atomic E-state index is 0.153. The molecule has 0 aliphatic heterocycles. The number of aliphatic hydroxyl groups excluding tert-OH is 1. The average molecular weight is 358 g/mol. The van der Waals surface area contributed by atoms with Gasteiger partial charge in [-0.3, -0.25) is 0 Å². The first kappa shape index (κ1) is 13.3. The van der Waals surface area contributed by atoms with Crippen LogP contribution in [0.25, 0.3) is 0 Å². The molecular formula is C14H12FIO2. The SMILES string of the molecule is C[C@H](O)c1ccc(Oc2ccc(I)cc2)c(F)c1. The van der Waals surface area contributed by atoms with Crippen LogP contribution >= 0.6 is 22.6 Å². The Balaban J connectivity index is 2.22. The van der Waals surface area contributed by atoms with Gasteiger partial charge in [-0.05, 0) is 71.5 Å². The summed E-state index contributed by atoms with van der Waals surface area (Å²) in [5.74, 6) is 0.256. The average Bonchev–Trinajstić information content (AvgIpc) is 2.34. The van der Waals surface area contributed by atoms with E-state index in [0.717, 1.165) is 3.57 Å². The zero-order valence-corrected chi connectivity index (χ0v) is 11.9. The lowest BCUT2D eigenvalue weighted by molar-refractivity contribution is 0.198. The van der Waals surface area contributed by atoms with Crippen LogP contribution in [0, 0.1) is 9.39 Å². The van der Waals surface area contributed by atoms with E-state index in [2.05, 4.69) is 22.6 Å². The van der Waals surface area contributed by atoms with Gasteiger partial charge in [-0.2, -0.15) is 0 Å². The van der Waals surface area contributed by atoms with E-state index in [4.69, 9.17) is 4.74 Å². The molecule has 0 bridgehead atoms. The second kappa shape index (κ2) is 5.67. The molecule has 0 aromatic heterocycles. The Hall–Kier alpha value is -1.14. The normalized spacial score (nSPS) is 12.2. The molecule has 18 heavy (non-hydrogen) atoms. The van der Waals surface area contributed by atoms with E-state index < -0.39 is 11.9 Å². The third kappa shape index (κ3) is 3.20. The lowest BCUT2D eigenvalue weighted by atomic mass is 10.1. The molecule has 2 aromatic rings. The molecule has 1 N–H and O–H groups in total. The Bertz CT molecular complexity index is 538. The van der Waals surface area contributed by atoms with Crippen molar-refractivity contribution in [2.75, 3.05) is 0 Å². The first-order valence-corrected chi connectivity index (χ1v) is 6.55. The van der Waals surface area contributed by atoms with Gasteiger partial charge in [-0.15, -0.1) is 0 Å². The van der Waals surface area contributed by atoms with Crippen LogP contribution in [0.2, 0.25) is 0 Å². The van der Waals surface area contributed by atoms with Crippen molar-refractivity contribution in [3.63, 3.8) is 0 Å². The fraction of sp³-hybridized carbons (Fsp3) is 0.143. The van der Waals surface area contributed by atoms with Crippen LogP contribution in [0.5, 0.6) is 11.5 Å². The van der Waals surface area contributed by atoms with Gasteiger partial charge in [0.05, 0.1) is 6.10 Å². The molecule has 0 radical (unpaired) electrons. The van der Waals surface area contributed by atoms with E-state index in [1.165, 1.54) is 12.1 Å². The second-order valence-electron chi connectivity index (χ2n) is 3.92. The van der Waals surface area contributed by atoms with Crippen molar-refractivity contribution in [1.29, 1.82) is 0 Å². The van der Waals surface area contributed by atoms with E-state index in [1.54, 1.807) is 25.1 Å². The highest BCUT2D eigenvalue weighted by atomic mass is 127. The van der Waals surface area contributed by atoms with E-state index in [9.17, 15) is 9.50 Å². The monoisotopic (exact) mass is 358 g/mol. The number of hydrogen-bond donors (Lipinski definition) is 1. The maximum atomic E-state index is 13.7. The number of ether oxygens (including phenoxy) is 1. The predicted octanol–water partition coefficient (Wildman–Crippen LogP) is 4.28. The highest BCUT2D eigenvalue weighted by Gasteiger charge is 2.08. The Morgan fingerprint density at radius 1 is 1.17 bits per heavy atom. The summed E-state index contributed by atoms with van der Waals surface area (Å²) in [6, 6.07) is 11.8. The van der Waals surface area contributed by atoms with E-state index in [1.807, 2.05) is 12.1 Å². The zero-order chi connectivity index (χ0) is 13.1. The minimum atomic E-state index is -0.688. The summed E-state index contributed by atoms with van der Waals surface area (Å²) in [5, 5.41) is 9.35. The van der Waals surface area contributed by atoms with Gasteiger partial charge in [0.1, 0.15) is 5.75 Å². The van der Waals surface area contributed by atoms with Crippen LogP contribution < -0.4 is 4.74 Å². The van der Waals surface area contributed by atoms with Crippen molar-refractivity contribution >= 4 is 22.6 Å². The molecule has 2 nitrogen and oxygen atoms in total. The van der Waals surface area contributed by atoms with Gasteiger partial charge in [-0.25, -0.2) is 4.39 Å². The standard InChI is InChI=1S/C14H12FIO2/c1-9(17)10-2-7-14(13(15)8-10)18-12-5-3-11(16)4-6-12/h2-9,17H,1H3/t9-/m0/s1. The predicted molar refractivity (Wildman–Crippen MR) is 76.3 cm³/mol. The summed E-state index contributed by atoms with van der Waals surface area (Å²) in [6.07, 6.45) is -0.688. The van der Waals surface area contributed by atoms with Gasteiger partial charge in [0.2, 0.25) is 0 Å². The number of rotatable bonds is 3. The molecule has 0 saturated carbocycles. The first-order chi connectivity index (χ1) is 8.56. The molecule has 0 amide bonds. The molecule has 0 heterocycles. The molecule has 0 saturated heterocycles. The largest absolute Gasteiger partial charge is 0.454 e. The molecule has 0 aliphatic carbocycles. The second-order valence-corrected chi connectivity index (χ2v) is 5.17. The molecule has 0 spiro atoms. The third-order valence-electron chi connectivity index (χ3n) is 2.48. The Kier molecular flexibility index (Phi) is 4.19. The van der Waals surface area contributed by atoms with Crippen LogP contribution in [-0.2, 0) is 0 Å². The van der Waals surface area contributed by atoms with Crippen molar-refractivity contribution in [2.24, 2.45) is 0 Å². The van der Waals surface area contributed by atoms with Gasteiger partial charge >= 0.3 is 0 Å². The maximum Gasteiger partial charge on any atom is 0.166 e. The topological polar surface area (TPSA) is 29.5 Å². The highest BCUT2D eigenvalue weighted by molar-refractivity contribution is 14.1. The molecule has 0 fully saturated rings. The number of benzene rings is 2. The van der Waals surface area contributed by atoms with Crippen molar-refractivity contribution < 1.29 is 14.2 Å². The van der Waals surface area contributed by atoms with Gasteiger partial charge in [0.15, 0.2) is 11.6 Å². The molecule has 0 unspecified atom stereocenters. The van der Waals surface area contributed by atoms with E-state index in [0.29, 0.717) is 11.3 Å². The fourth-order valence-corrected chi connectivity index (χ4v) is 1.85. The van der Waals surface area contributed by atoms with Gasteiger partial charge < -0.3 is 9.84 Å². The van der Waals surface area contributed by atoms with Crippen LogP contribution in [-0.4, -0.2) is 5.11 Å². The lowest BCUT2D eigenvalue weighted by Crippen LogP contribution is -1.94. The fourth-order valence-electron chi connectivity index (χ4n) is 1.49. The molecule has 2 aromatic carbocycles. The van der Waals surface area contributed by atoms with E-state index in [-0.39, 0.29) is 5.75 Å². The van der Waals surface area contributed by atoms with E-state index >= 15 is 0 Å². The van der Waals surface area contributed by atoms with Crippen LogP contribution in [0.1, 0.15) is 18.6 Å². The smallest absolute Gasteiger partial charge is 0.166 e. The Morgan fingerprint density at radius 3 is 2.39 bits per heavy atom. The van der Waals surface area contributed by atoms with Crippen LogP contribution in [0.4, 0.5) is 4.39 Å². The molecule has 94 valence electrons. The zero-order valence-electron chi connectivity index (χ0n) is 9.73. The number of aliphatic hydroxyl groups is 1. The van der Waals surface area contributed by atoms with Crippen molar-refractivity contribution in [1.82, 2.24) is 0 Å². The van der Waals surface area contributed by atoms with Gasteiger partial charge in [-0.1, -0.05) is 6.07 Å². The highest BCUT2D eigenvalue weighted by Crippen LogP contribution is 2.27. The van der Waals surface area contributed by atoms with Crippen molar-refractivity contribution in [2.45, 2.75) is 13.0 Å². The van der Waals surface area contributed by atoms with Crippen LogP contribution in [0.3, 0.4) is 0 Å². The van der Waals surface area contributed by atoms with Crippen molar-refractivity contribution in [3.8, 4) is 11.5 Å². The quantitative estimate of drug-likeness (QED) is 0.831. The van der Waals surface area contributed by atoms with Gasteiger partial charge in [0, 0.05) is 3.57 Å². The molecule has 1 atom stereocenters. The molecule has 4 heteroatoms. The third-order valence-corrected chi connectivity index (χ3v) is 3.20. The number of halogens is 2. The maximum absolute atomic E-state index is 13.7. The van der Waals surface area contributed by atoms with Crippen molar-refractivity contribution in [3.05, 3.63) is 57.4 Å². The molecule has 2 rings (SSSR count). The summed E-state index contributed by atoms with van der Waals surface area (Å²) >= 11 is 2.19. The first-order valence-electron chi connectivity index (χ1n) is 5.47. The Morgan fingerprint density at radius 2 is 1.83 bits per heavy atom. The van der Waals surface area contributed by atoms with Gasteiger partial charge in [0.25, 0.3) is 0 Å². The minimum Gasteiger partial charge on any atom is -0.454 e. The Labute approximate surface area is 119 Å². The summed E-state index contributed by atoms with van der Waals surface area (Å²) in [5.41, 5.74) is 0.530. The summed E-state index contributed by atoms with van der Waals surface area (Å²) in [7, 11) is 0.